The summed E-state index contributed by atoms with van der Waals surface area (Å²) in [5.74, 6) is 0.869. The number of hydrogen-bond acceptors (Lipinski definition) is 5. The van der Waals surface area contributed by atoms with E-state index in [2.05, 4.69) is 26.2 Å². The molecule has 0 aliphatic heterocycles. The Kier molecular flexibility index (Phi) is 7.15. The van der Waals surface area contributed by atoms with Gasteiger partial charge in [0.05, 0.1) is 0 Å². The number of nitrogen functional groups attached to an aromatic ring is 1. The zero-order valence-corrected chi connectivity index (χ0v) is 13.4. The first kappa shape index (κ1) is 16.2. The average Bonchev–Trinajstić information content (AvgIpc) is 2.75. The fourth-order valence-corrected chi connectivity index (χ4v) is 2.45. The van der Waals surface area contributed by atoms with Gasteiger partial charge in [-0.05, 0) is 18.2 Å². The Balaban J connectivity index is 0.00000180. The van der Waals surface area contributed by atoms with Crippen molar-refractivity contribution in [3.63, 3.8) is 0 Å². The highest BCUT2D eigenvalue weighted by molar-refractivity contribution is 9.10. The number of anilines is 1. The standard InChI is InChI=1S/C12H14BrN3OS.ClH/c13-9-2-1-3-10(6-9)17-5-4-15-7-11-8-16-12(14)18-11;/h1-3,6,8,15H,4-5,7H2,(H2,14,16);1H. The van der Waals surface area contributed by atoms with Crippen LogP contribution in [-0.2, 0) is 6.54 Å². The van der Waals surface area contributed by atoms with Crippen LogP contribution in [0, 0.1) is 0 Å². The molecule has 7 heteroatoms. The van der Waals surface area contributed by atoms with Crippen LogP contribution in [0.2, 0.25) is 0 Å². The number of benzene rings is 1. The highest BCUT2D eigenvalue weighted by atomic mass is 79.9. The van der Waals surface area contributed by atoms with Gasteiger partial charge in [-0.2, -0.15) is 0 Å². The molecule has 0 bridgehead atoms. The molecular formula is C12H15BrClN3OS. The van der Waals surface area contributed by atoms with Gasteiger partial charge in [0.25, 0.3) is 0 Å². The van der Waals surface area contributed by atoms with Crippen molar-refractivity contribution in [2.45, 2.75) is 6.54 Å². The lowest BCUT2D eigenvalue weighted by Crippen LogP contribution is -2.20. The zero-order chi connectivity index (χ0) is 12.8. The predicted molar refractivity (Wildman–Crippen MR) is 85.1 cm³/mol. The molecule has 2 aromatic rings. The second kappa shape index (κ2) is 8.37. The molecule has 2 rings (SSSR count). The van der Waals surface area contributed by atoms with E-state index in [1.165, 1.54) is 11.3 Å². The van der Waals surface area contributed by atoms with E-state index < -0.39 is 0 Å². The first-order valence-electron chi connectivity index (χ1n) is 5.53. The Morgan fingerprint density at radius 3 is 2.95 bits per heavy atom. The molecule has 104 valence electrons. The molecule has 0 fully saturated rings. The van der Waals surface area contributed by atoms with Crippen molar-refractivity contribution in [1.29, 1.82) is 0 Å². The molecule has 0 saturated heterocycles. The van der Waals surface area contributed by atoms with Gasteiger partial charge in [-0.25, -0.2) is 4.98 Å². The van der Waals surface area contributed by atoms with Gasteiger partial charge in [0.15, 0.2) is 5.13 Å². The number of ether oxygens (including phenoxy) is 1. The number of halogens is 2. The molecule has 0 unspecified atom stereocenters. The number of nitrogens with zero attached hydrogens (tertiary/aromatic N) is 1. The van der Waals surface area contributed by atoms with Crippen molar-refractivity contribution in [2.24, 2.45) is 0 Å². The molecule has 0 saturated carbocycles. The van der Waals surface area contributed by atoms with Crippen LogP contribution in [0.4, 0.5) is 5.13 Å². The highest BCUT2D eigenvalue weighted by Crippen LogP contribution is 2.17. The van der Waals surface area contributed by atoms with Crippen LogP contribution in [-0.4, -0.2) is 18.1 Å². The summed E-state index contributed by atoms with van der Waals surface area (Å²) < 4.78 is 6.62. The van der Waals surface area contributed by atoms with Gasteiger partial charge in [0, 0.05) is 28.6 Å². The smallest absolute Gasteiger partial charge is 0.180 e. The van der Waals surface area contributed by atoms with E-state index in [9.17, 15) is 0 Å². The van der Waals surface area contributed by atoms with Crippen LogP contribution in [0.15, 0.2) is 34.9 Å². The van der Waals surface area contributed by atoms with Crippen LogP contribution in [0.25, 0.3) is 0 Å². The molecule has 1 aromatic carbocycles. The largest absolute Gasteiger partial charge is 0.492 e. The third-order valence-corrected chi connectivity index (χ3v) is 3.53. The molecule has 3 N–H and O–H groups in total. The molecule has 19 heavy (non-hydrogen) atoms. The lowest BCUT2D eigenvalue weighted by Gasteiger charge is -2.07. The van der Waals surface area contributed by atoms with Crippen molar-refractivity contribution >= 4 is 44.8 Å². The molecule has 4 nitrogen and oxygen atoms in total. The van der Waals surface area contributed by atoms with Crippen LogP contribution in [0.3, 0.4) is 0 Å². The van der Waals surface area contributed by atoms with Gasteiger partial charge in [-0.1, -0.05) is 22.0 Å². The Bertz CT molecular complexity index is 509. The topological polar surface area (TPSA) is 60.2 Å². The van der Waals surface area contributed by atoms with Crippen LogP contribution in [0.1, 0.15) is 4.88 Å². The molecule has 0 aliphatic rings. The fourth-order valence-electron chi connectivity index (χ4n) is 1.41. The Morgan fingerprint density at radius 1 is 1.42 bits per heavy atom. The third kappa shape index (κ3) is 5.78. The Hall–Kier alpha value is -0.820. The molecule has 0 spiro atoms. The van der Waals surface area contributed by atoms with Gasteiger partial charge in [-0.15, -0.1) is 23.7 Å². The second-order valence-electron chi connectivity index (χ2n) is 3.65. The van der Waals surface area contributed by atoms with E-state index in [0.717, 1.165) is 28.2 Å². The number of nitrogens with one attached hydrogen (secondary N) is 1. The Morgan fingerprint density at radius 2 is 2.26 bits per heavy atom. The molecule has 0 aliphatic carbocycles. The minimum absolute atomic E-state index is 0. The van der Waals surface area contributed by atoms with Crippen molar-refractivity contribution in [3.8, 4) is 5.75 Å². The van der Waals surface area contributed by atoms with E-state index in [1.807, 2.05) is 24.3 Å². The van der Waals surface area contributed by atoms with Crippen LogP contribution in [0.5, 0.6) is 5.75 Å². The highest BCUT2D eigenvalue weighted by Gasteiger charge is 1.98. The van der Waals surface area contributed by atoms with E-state index in [-0.39, 0.29) is 12.4 Å². The lowest BCUT2D eigenvalue weighted by molar-refractivity contribution is 0.313. The summed E-state index contributed by atoms with van der Waals surface area (Å²) in [5, 5.41) is 3.89. The third-order valence-electron chi connectivity index (χ3n) is 2.21. The Labute approximate surface area is 130 Å². The van der Waals surface area contributed by atoms with E-state index in [1.54, 1.807) is 6.20 Å². The number of aromatic nitrogens is 1. The summed E-state index contributed by atoms with van der Waals surface area (Å²) in [5.41, 5.74) is 5.55. The summed E-state index contributed by atoms with van der Waals surface area (Å²) in [4.78, 5) is 5.13. The summed E-state index contributed by atoms with van der Waals surface area (Å²) in [6.45, 7) is 2.19. The minimum Gasteiger partial charge on any atom is -0.492 e. The molecule has 0 amide bonds. The predicted octanol–water partition coefficient (Wildman–Crippen LogP) is 3.08. The SMILES string of the molecule is Cl.Nc1ncc(CNCCOc2cccc(Br)c2)s1. The van der Waals surface area contributed by atoms with Gasteiger partial charge in [-0.3, -0.25) is 0 Å². The monoisotopic (exact) mass is 363 g/mol. The van der Waals surface area contributed by atoms with E-state index >= 15 is 0 Å². The first-order chi connectivity index (χ1) is 8.74. The maximum atomic E-state index is 5.60. The van der Waals surface area contributed by atoms with E-state index in [4.69, 9.17) is 10.5 Å². The molecule has 0 atom stereocenters. The maximum absolute atomic E-state index is 5.60. The van der Waals surface area contributed by atoms with Gasteiger partial charge in [0.2, 0.25) is 0 Å². The number of rotatable bonds is 6. The summed E-state index contributed by atoms with van der Waals surface area (Å²) in [6, 6.07) is 7.81. The average molecular weight is 365 g/mol. The fraction of sp³-hybridized carbons (Fsp3) is 0.250. The summed E-state index contributed by atoms with van der Waals surface area (Å²) >= 11 is 4.91. The van der Waals surface area contributed by atoms with Crippen molar-refractivity contribution in [1.82, 2.24) is 10.3 Å². The zero-order valence-electron chi connectivity index (χ0n) is 10.1. The quantitative estimate of drug-likeness (QED) is 0.773. The normalized spacial score (nSPS) is 9.95. The van der Waals surface area contributed by atoms with E-state index in [0.29, 0.717) is 11.7 Å². The number of hydrogen-bond donors (Lipinski definition) is 2. The first-order valence-corrected chi connectivity index (χ1v) is 7.14. The lowest BCUT2D eigenvalue weighted by atomic mass is 10.3. The molecular weight excluding hydrogens is 350 g/mol. The van der Waals surface area contributed by atoms with Crippen molar-refractivity contribution in [3.05, 3.63) is 39.8 Å². The van der Waals surface area contributed by atoms with Crippen LogP contribution >= 0.6 is 39.7 Å². The second-order valence-corrected chi connectivity index (χ2v) is 5.71. The van der Waals surface area contributed by atoms with Gasteiger partial charge in [0.1, 0.15) is 12.4 Å². The van der Waals surface area contributed by atoms with Crippen molar-refractivity contribution in [2.75, 3.05) is 18.9 Å². The van der Waals surface area contributed by atoms with Crippen molar-refractivity contribution < 1.29 is 4.74 Å². The van der Waals surface area contributed by atoms with Gasteiger partial charge < -0.3 is 15.8 Å². The molecule has 1 aromatic heterocycles. The summed E-state index contributed by atoms with van der Waals surface area (Å²) in [6.07, 6.45) is 1.79. The van der Waals surface area contributed by atoms with Crippen LogP contribution < -0.4 is 15.8 Å². The molecule has 1 heterocycles. The summed E-state index contributed by atoms with van der Waals surface area (Å²) in [7, 11) is 0. The van der Waals surface area contributed by atoms with Gasteiger partial charge >= 0.3 is 0 Å². The minimum atomic E-state index is 0. The molecule has 0 radical (unpaired) electrons. The maximum Gasteiger partial charge on any atom is 0.180 e. The number of thiazole rings is 1. The number of nitrogens with two attached hydrogens (primary N) is 1.